The van der Waals surface area contributed by atoms with Crippen molar-refractivity contribution in [3.05, 3.63) is 46.4 Å². The summed E-state index contributed by atoms with van der Waals surface area (Å²) >= 11 is 3.41. The van der Waals surface area contributed by atoms with Crippen LogP contribution >= 0.6 is 15.9 Å². The van der Waals surface area contributed by atoms with Gasteiger partial charge < -0.3 is 5.32 Å². The summed E-state index contributed by atoms with van der Waals surface area (Å²) in [5, 5.41) is 4.66. The molecule has 0 radical (unpaired) electrons. The van der Waals surface area contributed by atoms with E-state index in [-0.39, 0.29) is 11.9 Å². The van der Waals surface area contributed by atoms with Crippen LogP contribution in [0.4, 0.5) is 4.79 Å². The second-order valence-electron chi connectivity index (χ2n) is 4.39. The summed E-state index contributed by atoms with van der Waals surface area (Å²) in [5.41, 5.74) is 0.534. The highest BCUT2D eigenvalue weighted by Gasteiger charge is 2.26. The Morgan fingerprint density at radius 3 is 2.63 bits per heavy atom. The topological polar surface area (TPSA) is 49.4 Å². The van der Waals surface area contributed by atoms with Gasteiger partial charge in [0.05, 0.1) is 0 Å². The Hall–Kier alpha value is -1.88. The molecule has 1 fully saturated rings. The van der Waals surface area contributed by atoms with Gasteiger partial charge in [0.25, 0.3) is 5.91 Å². The molecule has 19 heavy (non-hydrogen) atoms. The number of imide groups is 1. The number of carbonyl (C=O) groups is 2. The second kappa shape index (κ2) is 4.66. The lowest BCUT2D eigenvalue weighted by atomic mass is 10.1. The molecule has 4 nitrogen and oxygen atoms in total. The number of carbonyl (C=O) groups excluding carboxylic acids is 2. The minimum Gasteiger partial charge on any atom is -0.336 e. The Kier molecular flexibility index (Phi) is 2.98. The molecule has 1 aliphatic heterocycles. The molecule has 1 heterocycles. The van der Waals surface area contributed by atoms with Crippen molar-refractivity contribution in [2.45, 2.75) is 0 Å². The highest BCUT2D eigenvalue weighted by atomic mass is 79.9. The minimum absolute atomic E-state index is 0.250. The average molecular weight is 319 g/mol. The van der Waals surface area contributed by atoms with Gasteiger partial charge in [-0.2, -0.15) is 0 Å². The molecule has 3 amide bonds. The number of urea groups is 1. The van der Waals surface area contributed by atoms with Gasteiger partial charge in [-0.1, -0.05) is 28.1 Å². The van der Waals surface area contributed by atoms with Crippen molar-refractivity contribution in [1.82, 2.24) is 10.2 Å². The quantitative estimate of drug-likeness (QED) is 0.879. The van der Waals surface area contributed by atoms with Gasteiger partial charge in [-0.3, -0.25) is 9.69 Å². The third-order valence-corrected chi connectivity index (χ3v) is 3.64. The van der Waals surface area contributed by atoms with Crippen molar-refractivity contribution < 1.29 is 9.59 Å². The fraction of sp³-hybridized carbons (Fsp3) is 0.143. The van der Waals surface area contributed by atoms with Crippen LogP contribution in [0.5, 0.6) is 0 Å². The predicted octanol–water partition coefficient (Wildman–Crippen LogP) is 2.77. The molecular formula is C14H11BrN2O2. The zero-order valence-electron chi connectivity index (χ0n) is 10.0. The Labute approximate surface area is 118 Å². The van der Waals surface area contributed by atoms with Gasteiger partial charge in [-0.15, -0.1) is 0 Å². The van der Waals surface area contributed by atoms with Crippen molar-refractivity contribution in [2.75, 3.05) is 13.1 Å². The van der Waals surface area contributed by atoms with Crippen molar-refractivity contribution >= 4 is 38.6 Å². The fourth-order valence-electron chi connectivity index (χ4n) is 2.17. The number of amides is 3. The van der Waals surface area contributed by atoms with E-state index in [1.54, 1.807) is 6.07 Å². The van der Waals surface area contributed by atoms with E-state index < -0.39 is 0 Å². The van der Waals surface area contributed by atoms with Crippen molar-refractivity contribution in [1.29, 1.82) is 0 Å². The van der Waals surface area contributed by atoms with Gasteiger partial charge in [0.2, 0.25) is 0 Å². The van der Waals surface area contributed by atoms with Crippen LogP contribution in [0.15, 0.2) is 40.9 Å². The zero-order valence-corrected chi connectivity index (χ0v) is 11.6. The lowest BCUT2D eigenvalue weighted by Crippen LogP contribution is -2.34. The molecule has 0 atom stereocenters. The highest BCUT2D eigenvalue weighted by molar-refractivity contribution is 9.10. The summed E-state index contributed by atoms with van der Waals surface area (Å²) in [6, 6.07) is 11.0. The number of fused-ring (bicyclic) bond motifs is 1. The van der Waals surface area contributed by atoms with Gasteiger partial charge in [-0.25, -0.2) is 4.79 Å². The van der Waals surface area contributed by atoms with Gasteiger partial charge in [0.15, 0.2) is 0 Å². The van der Waals surface area contributed by atoms with Crippen molar-refractivity contribution in [2.24, 2.45) is 0 Å². The van der Waals surface area contributed by atoms with Crippen LogP contribution in [0, 0.1) is 0 Å². The maximum atomic E-state index is 12.2. The molecule has 1 N–H and O–H groups in total. The van der Waals surface area contributed by atoms with Gasteiger partial charge in [0.1, 0.15) is 0 Å². The summed E-state index contributed by atoms with van der Waals surface area (Å²) in [4.78, 5) is 24.9. The molecule has 0 aliphatic carbocycles. The van der Waals surface area contributed by atoms with E-state index in [9.17, 15) is 9.59 Å². The van der Waals surface area contributed by atoms with Crippen LogP contribution < -0.4 is 5.32 Å². The molecule has 0 saturated carbocycles. The third-order valence-electron chi connectivity index (χ3n) is 3.15. The molecule has 0 bridgehead atoms. The monoisotopic (exact) mass is 318 g/mol. The molecule has 1 saturated heterocycles. The number of halogens is 1. The Balaban J connectivity index is 1.99. The summed E-state index contributed by atoms with van der Waals surface area (Å²) in [7, 11) is 0. The number of hydrogen-bond acceptors (Lipinski definition) is 2. The highest BCUT2D eigenvalue weighted by Crippen LogP contribution is 2.21. The molecule has 5 heteroatoms. The lowest BCUT2D eigenvalue weighted by Gasteiger charge is -2.12. The van der Waals surface area contributed by atoms with Crippen LogP contribution in [0.1, 0.15) is 10.4 Å². The number of hydrogen-bond donors (Lipinski definition) is 1. The van der Waals surface area contributed by atoms with Crippen molar-refractivity contribution in [3.63, 3.8) is 0 Å². The standard InChI is InChI=1S/C14H11BrN2O2/c15-12-4-3-9-7-11(2-1-10(9)8-12)13(18)17-6-5-16-14(17)19/h1-4,7-8H,5-6H2,(H,16,19). The van der Waals surface area contributed by atoms with Gasteiger partial charge >= 0.3 is 6.03 Å². The lowest BCUT2D eigenvalue weighted by molar-refractivity contribution is 0.0829. The predicted molar refractivity (Wildman–Crippen MR) is 76.1 cm³/mol. The maximum Gasteiger partial charge on any atom is 0.324 e. The van der Waals surface area contributed by atoms with Crippen LogP contribution in [0.2, 0.25) is 0 Å². The maximum absolute atomic E-state index is 12.2. The number of nitrogens with one attached hydrogen (secondary N) is 1. The smallest absolute Gasteiger partial charge is 0.324 e. The fourth-order valence-corrected chi connectivity index (χ4v) is 2.55. The summed E-state index contributed by atoms with van der Waals surface area (Å²) < 4.78 is 0.998. The van der Waals surface area contributed by atoms with Crippen molar-refractivity contribution in [3.8, 4) is 0 Å². The number of rotatable bonds is 1. The summed E-state index contributed by atoms with van der Waals surface area (Å²) in [6.07, 6.45) is 0. The zero-order chi connectivity index (χ0) is 13.4. The largest absolute Gasteiger partial charge is 0.336 e. The normalized spacial score (nSPS) is 14.8. The van der Waals surface area contributed by atoms with E-state index >= 15 is 0 Å². The molecule has 96 valence electrons. The summed E-state index contributed by atoms with van der Waals surface area (Å²) in [5.74, 6) is -0.250. The number of nitrogens with zero attached hydrogens (tertiary/aromatic N) is 1. The molecule has 1 aliphatic rings. The van der Waals surface area contributed by atoms with E-state index in [2.05, 4.69) is 21.2 Å². The second-order valence-corrected chi connectivity index (χ2v) is 5.31. The van der Waals surface area contributed by atoms with E-state index in [1.807, 2.05) is 30.3 Å². The molecular weight excluding hydrogens is 308 g/mol. The Morgan fingerprint density at radius 2 is 1.89 bits per heavy atom. The van der Waals surface area contributed by atoms with E-state index in [0.717, 1.165) is 15.2 Å². The van der Waals surface area contributed by atoms with Crippen LogP contribution in [0.3, 0.4) is 0 Å². The van der Waals surface area contributed by atoms with Crippen LogP contribution in [-0.2, 0) is 0 Å². The molecule has 0 aromatic heterocycles. The van der Waals surface area contributed by atoms with Crippen LogP contribution in [-0.4, -0.2) is 29.9 Å². The first kappa shape index (κ1) is 12.2. The van der Waals surface area contributed by atoms with E-state index in [1.165, 1.54) is 4.90 Å². The van der Waals surface area contributed by atoms with E-state index in [0.29, 0.717) is 18.7 Å². The minimum atomic E-state index is -0.319. The molecule has 2 aromatic carbocycles. The van der Waals surface area contributed by atoms with E-state index in [4.69, 9.17) is 0 Å². The molecule has 0 unspecified atom stereocenters. The van der Waals surface area contributed by atoms with Gasteiger partial charge in [0, 0.05) is 23.1 Å². The first-order valence-electron chi connectivity index (χ1n) is 5.94. The average Bonchev–Trinajstić information content (AvgIpc) is 2.83. The van der Waals surface area contributed by atoms with Gasteiger partial charge in [-0.05, 0) is 35.0 Å². The Morgan fingerprint density at radius 1 is 1.16 bits per heavy atom. The first-order valence-corrected chi connectivity index (χ1v) is 6.73. The Bertz CT molecular complexity index is 684. The van der Waals surface area contributed by atoms with Crippen LogP contribution in [0.25, 0.3) is 10.8 Å². The third kappa shape index (κ3) is 2.21. The molecule has 3 rings (SSSR count). The first-order chi connectivity index (χ1) is 9.15. The SMILES string of the molecule is O=C1NCCN1C(=O)c1ccc2cc(Br)ccc2c1. The molecule has 0 spiro atoms. The number of benzene rings is 2. The molecule has 2 aromatic rings. The summed E-state index contributed by atoms with van der Waals surface area (Å²) in [6.45, 7) is 0.946.